The summed E-state index contributed by atoms with van der Waals surface area (Å²) in [5.41, 5.74) is 6.31. The molecule has 96 valence electrons. The van der Waals surface area contributed by atoms with Gasteiger partial charge in [0, 0.05) is 18.1 Å². The number of piperidine rings is 1. The van der Waals surface area contributed by atoms with Gasteiger partial charge in [-0.05, 0) is 25.9 Å². The largest absolute Gasteiger partial charge is 0.391 e. The smallest absolute Gasteiger partial charge is 0.388 e. The quantitative estimate of drug-likeness (QED) is 0.888. The molecule has 1 fully saturated rings. The van der Waals surface area contributed by atoms with Gasteiger partial charge in [0.25, 0.3) is 0 Å². The standard InChI is InChI=1S/C9H13F3N4S/c10-9(11,12)6-1-3-16(4-2-6)5-7-8(13)17-15-14-7/h6H,1-5,13H2. The van der Waals surface area contributed by atoms with Gasteiger partial charge in [-0.1, -0.05) is 4.49 Å². The lowest BCUT2D eigenvalue weighted by molar-refractivity contribution is -0.185. The fourth-order valence-corrected chi connectivity index (χ4v) is 2.39. The van der Waals surface area contributed by atoms with Gasteiger partial charge < -0.3 is 5.73 Å². The average Bonchev–Trinajstić information content (AvgIpc) is 2.64. The Morgan fingerprint density at radius 3 is 2.47 bits per heavy atom. The highest BCUT2D eigenvalue weighted by Gasteiger charge is 2.41. The molecule has 0 amide bonds. The topological polar surface area (TPSA) is 55.0 Å². The van der Waals surface area contributed by atoms with Gasteiger partial charge in [0.2, 0.25) is 0 Å². The second-order valence-corrected chi connectivity index (χ2v) is 4.96. The Kier molecular flexibility index (Phi) is 3.53. The molecule has 2 N–H and O–H groups in total. The number of hydrogen-bond acceptors (Lipinski definition) is 5. The molecule has 8 heteroatoms. The van der Waals surface area contributed by atoms with E-state index in [4.69, 9.17) is 5.73 Å². The summed E-state index contributed by atoms with van der Waals surface area (Å²) in [6.45, 7) is 1.36. The maximum absolute atomic E-state index is 12.5. The monoisotopic (exact) mass is 266 g/mol. The molecular formula is C9H13F3N4S. The first kappa shape index (κ1) is 12.6. The fourth-order valence-electron chi connectivity index (χ4n) is 1.96. The minimum Gasteiger partial charge on any atom is -0.388 e. The van der Waals surface area contributed by atoms with Gasteiger partial charge in [-0.2, -0.15) is 13.2 Å². The zero-order valence-corrected chi connectivity index (χ0v) is 9.89. The Hall–Kier alpha value is -0.890. The van der Waals surface area contributed by atoms with Crippen LogP contribution in [0, 0.1) is 5.92 Å². The Bertz CT molecular complexity index is 371. The summed E-state index contributed by atoms with van der Waals surface area (Å²) in [5, 5.41) is 4.40. The zero-order chi connectivity index (χ0) is 12.5. The number of rotatable bonds is 2. The highest BCUT2D eigenvalue weighted by atomic mass is 32.1. The van der Waals surface area contributed by atoms with Crippen LogP contribution in [0.25, 0.3) is 0 Å². The van der Waals surface area contributed by atoms with Crippen molar-refractivity contribution in [3.8, 4) is 0 Å². The minimum atomic E-state index is -4.06. The van der Waals surface area contributed by atoms with E-state index >= 15 is 0 Å². The van der Waals surface area contributed by atoms with Crippen molar-refractivity contribution in [1.29, 1.82) is 0 Å². The molecule has 0 bridgehead atoms. The van der Waals surface area contributed by atoms with Crippen LogP contribution in [0.15, 0.2) is 0 Å². The molecule has 1 aromatic heterocycles. The molecule has 1 saturated heterocycles. The summed E-state index contributed by atoms with van der Waals surface area (Å²) in [6.07, 6.45) is -3.75. The van der Waals surface area contributed by atoms with Crippen molar-refractivity contribution >= 4 is 16.5 Å². The van der Waals surface area contributed by atoms with E-state index in [1.807, 2.05) is 4.90 Å². The van der Waals surface area contributed by atoms with Crippen molar-refractivity contribution in [3.63, 3.8) is 0 Å². The number of nitrogens with two attached hydrogens (primary N) is 1. The van der Waals surface area contributed by atoms with E-state index in [0.29, 0.717) is 30.3 Å². The van der Waals surface area contributed by atoms with Crippen LogP contribution in [-0.4, -0.2) is 33.8 Å². The first-order valence-corrected chi connectivity index (χ1v) is 6.10. The Labute approximate surface area is 101 Å². The number of anilines is 1. The molecule has 0 aliphatic carbocycles. The third-order valence-electron chi connectivity index (χ3n) is 3.01. The molecule has 1 aliphatic rings. The number of halogens is 3. The number of aromatic nitrogens is 2. The third-order valence-corrected chi connectivity index (χ3v) is 3.60. The fraction of sp³-hybridized carbons (Fsp3) is 0.778. The van der Waals surface area contributed by atoms with Gasteiger partial charge in [-0.15, -0.1) is 5.10 Å². The van der Waals surface area contributed by atoms with Crippen molar-refractivity contribution in [1.82, 2.24) is 14.5 Å². The summed E-state index contributed by atoms with van der Waals surface area (Å²) >= 11 is 1.11. The number of nitrogen functional groups attached to an aromatic ring is 1. The average molecular weight is 266 g/mol. The van der Waals surface area contributed by atoms with E-state index in [1.54, 1.807) is 0 Å². The Balaban J connectivity index is 1.86. The number of likely N-dealkylation sites (tertiary alicyclic amines) is 1. The Morgan fingerprint density at radius 2 is 2.00 bits per heavy atom. The molecule has 1 aromatic rings. The molecule has 0 unspecified atom stereocenters. The lowest BCUT2D eigenvalue weighted by atomic mass is 9.96. The lowest BCUT2D eigenvalue weighted by Crippen LogP contribution is -2.38. The maximum atomic E-state index is 12.5. The van der Waals surface area contributed by atoms with Gasteiger partial charge in [0.05, 0.1) is 5.92 Å². The van der Waals surface area contributed by atoms with Crippen LogP contribution in [0.4, 0.5) is 18.2 Å². The van der Waals surface area contributed by atoms with Crippen molar-refractivity contribution in [3.05, 3.63) is 5.69 Å². The number of hydrogen-bond donors (Lipinski definition) is 1. The van der Waals surface area contributed by atoms with Gasteiger partial charge in [0.1, 0.15) is 10.7 Å². The highest BCUT2D eigenvalue weighted by molar-refractivity contribution is 7.09. The molecule has 2 heterocycles. The normalized spacial score (nSPS) is 19.7. The molecule has 1 aliphatic heterocycles. The molecule has 17 heavy (non-hydrogen) atoms. The van der Waals surface area contributed by atoms with Crippen LogP contribution < -0.4 is 5.73 Å². The van der Waals surface area contributed by atoms with Crippen molar-refractivity contribution in [2.24, 2.45) is 5.92 Å². The van der Waals surface area contributed by atoms with Crippen molar-refractivity contribution < 1.29 is 13.2 Å². The molecule has 0 spiro atoms. The second-order valence-electron chi connectivity index (χ2n) is 4.18. The predicted octanol–water partition coefficient (Wildman–Crippen LogP) is 1.89. The van der Waals surface area contributed by atoms with Gasteiger partial charge >= 0.3 is 6.18 Å². The highest BCUT2D eigenvalue weighted by Crippen LogP contribution is 2.34. The molecule has 2 rings (SSSR count). The first-order valence-electron chi connectivity index (χ1n) is 5.32. The van der Waals surface area contributed by atoms with Crippen LogP contribution in [0.1, 0.15) is 18.5 Å². The van der Waals surface area contributed by atoms with E-state index in [9.17, 15) is 13.2 Å². The van der Waals surface area contributed by atoms with Crippen LogP contribution in [0.5, 0.6) is 0 Å². The maximum Gasteiger partial charge on any atom is 0.391 e. The lowest BCUT2D eigenvalue weighted by Gasteiger charge is -2.32. The third kappa shape index (κ3) is 3.06. The van der Waals surface area contributed by atoms with Gasteiger partial charge in [0.15, 0.2) is 0 Å². The van der Waals surface area contributed by atoms with E-state index in [1.165, 1.54) is 0 Å². The summed E-state index contributed by atoms with van der Waals surface area (Å²) < 4.78 is 41.1. The van der Waals surface area contributed by atoms with Crippen molar-refractivity contribution in [2.75, 3.05) is 18.8 Å². The van der Waals surface area contributed by atoms with E-state index in [0.717, 1.165) is 11.5 Å². The number of nitrogens with zero attached hydrogens (tertiary/aromatic N) is 3. The van der Waals surface area contributed by atoms with E-state index in [2.05, 4.69) is 9.59 Å². The molecule has 4 nitrogen and oxygen atoms in total. The SMILES string of the molecule is Nc1snnc1CN1CCC(C(F)(F)F)CC1. The van der Waals surface area contributed by atoms with Crippen LogP contribution in [0.3, 0.4) is 0 Å². The van der Waals surface area contributed by atoms with Gasteiger partial charge in [-0.3, -0.25) is 4.90 Å². The van der Waals surface area contributed by atoms with Crippen LogP contribution >= 0.6 is 11.5 Å². The molecular weight excluding hydrogens is 253 g/mol. The zero-order valence-electron chi connectivity index (χ0n) is 9.07. The van der Waals surface area contributed by atoms with Crippen molar-refractivity contribution in [2.45, 2.75) is 25.6 Å². The molecule has 0 saturated carbocycles. The Morgan fingerprint density at radius 1 is 1.35 bits per heavy atom. The van der Waals surface area contributed by atoms with Crippen LogP contribution in [-0.2, 0) is 6.54 Å². The summed E-state index contributed by atoms with van der Waals surface area (Å²) in [4.78, 5) is 1.94. The predicted molar refractivity (Wildman–Crippen MR) is 58.4 cm³/mol. The summed E-state index contributed by atoms with van der Waals surface area (Å²) in [7, 11) is 0. The molecule has 0 aromatic carbocycles. The van der Waals surface area contributed by atoms with E-state index < -0.39 is 12.1 Å². The first-order chi connectivity index (χ1) is 7.97. The second kappa shape index (κ2) is 4.77. The molecule has 0 atom stereocenters. The molecule has 0 radical (unpaired) electrons. The van der Waals surface area contributed by atoms with E-state index in [-0.39, 0.29) is 12.8 Å². The van der Waals surface area contributed by atoms with Crippen LogP contribution in [0.2, 0.25) is 0 Å². The number of alkyl halides is 3. The summed E-state index contributed by atoms with van der Waals surface area (Å²) in [5.74, 6) is -1.16. The summed E-state index contributed by atoms with van der Waals surface area (Å²) in [6, 6.07) is 0. The minimum absolute atomic E-state index is 0.154. The van der Waals surface area contributed by atoms with Gasteiger partial charge in [-0.25, -0.2) is 0 Å².